The second-order valence-electron chi connectivity index (χ2n) is 6.11. The van der Waals surface area contributed by atoms with Gasteiger partial charge in [-0.1, -0.05) is 6.07 Å². The number of hydrogen-bond donors (Lipinski definition) is 1. The molecule has 0 unspecified atom stereocenters. The van der Waals surface area contributed by atoms with Gasteiger partial charge in [0.2, 0.25) is 15.9 Å². The number of carbonyl (C=O) groups is 2. The van der Waals surface area contributed by atoms with Crippen LogP contribution in [0.2, 0.25) is 0 Å². The number of nitrogens with one attached hydrogen (secondary N) is 1. The summed E-state index contributed by atoms with van der Waals surface area (Å²) in [5.74, 6) is -1.09. The molecule has 1 saturated heterocycles. The average molecular weight is 368 g/mol. The summed E-state index contributed by atoms with van der Waals surface area (Å²) in [5, 5.41) is 2.82. The molecule has 0 aliphatic carbocycles. The van der Waals surface area contributed by atoms with Crippen LogP contribution in [0.1, 0.15) is 35.7 Å². The quantitative estimate of drug-likeness (QED) is 0.800. The van der Waals surface area contributed by atoms with Crippen molar-refractivity contribution in [1.82, 2.24) is 4.31 Å². The minimum absolute atomic E-state index is 0.0294. The second kappa shape index (κ2) is 7.97. The predicted octanol–water partition coefficient (Wildman–Crippen LogP) is 1.78. The highest BCUT2D eigenvalue weighted by Crippen LogP contribution is 2.23. The molecule has 1 aliphatic rings. The molecule has 1 atom stereocenters. The molecule has 2 rings (SSSR count). The molecule has 1 aliphatic heterocycles. The van der Waals surface area contributed by atoms with Crippen LogP contribution in [0, 0.1) is 12.8 Å². The normalized spacial score (nSPS) is 18.6. The maximum Gasteiger partial charge on any atom is 0.337 e. The van der Waals surface area contributed by atoms with Gasteiger partial charge in [-0.3, -0.25) is 4.79 Å². The molecule has 0 aromatic heterocycles. The fourth-order valence-corrected chi connectivity index (χ4v) is 4.01. The summed E-state index contributed by atoms with van der Waals surface area (Å²) in [7, 11) is -2.00. The topological polar surface area (TPSA) is 92.8 Å². The van der Waals surface area contributed by atoms with Gasteiger partial charge < -0.3 is 10.1 Å². The van der Waals surface area contributed by atoms with Gasteiger partial charge in [0.1, 0.15) is 0 Å². The molecule has 1 fully saturated rings. The summed E-state index contributed by atoms with van der Waals surface area (Å²) in [6.07, 6.45) is 1.29. The third kappa shape index (κ3) is 4.58. The Bertz CT molecular complexity index is 760. The second-order valence-corrected chi connectivity index (χ2v) is 8.37. The Labute approximate surface area is 148 Å². The number of hydrogen-bond acceptors (Lipinski definition) is 5. The first-order valence-corrected chi connectivity index (χ1v) is 9.87. The van der Waals surface area contributed by atoms with Crippen LogP contribution in [0.3, 0.4) is 0 Å². The van der Waals surface area contributed by atoms with E-state index in [4.69, 9.17) is 4.74 Å². The Morgan fingerprint density at radius 1 is 1.36 bits per heavy atom. The zero-order valence-corrected chi connectivity index (χ0v) is 15.6. The standard InChI is InChI=1S/C17H24N2O5S/c1-4-25(22,23)19-9-5-6-14(11-19)16(20)18-15-10-13(17(21)24-3)8-7-12(15)2/h7-8,10,14H,4-6,9,11H2,1-3H3,(H,18,20)/t14-/m1/s1. The molecule has 1 aromatic carbocycles. The Balaban J connectivity index is 2.13. The number of sulfonamides is 1. The fraction of sp³-hybridized carbons (Fsp3) is 0.529. The van der Waals surface area contributed by atoms with Crippen LogP contribution in [0.15, 0.2) is 18.2 Å². The van der Waals surface area contributed by atoms with Gasteiger partial charge in [-0.15, -0.1) is 0 Å². The van der Waals surface area contributed by atoms with E-state index in [1.165, 1.54) is 11.4 Å². The largest absolute Gasteiger partial charge is 0.465 e. The first-order valence-electron chi connectivity index (χ1n) is 8.26. The van der Waals surface area contributed by atoms with Gasteiger partial charge in [-0.2, -0.15) is 0 Å². The lowest BCUT2D eigenvalue weighted by Gasteiger charge is -2.31. The maximum absolute atomic E-state index is 12.6. The number of ether oxygens (including phenoxy) is 1. The summed E-state index contributed by atoms with van der Waals surface area (Å²) in [6.45, 7) is 4.07. The fourth-order valence-electron chi connectivity index (χ4n) is 2.83. The third-order valence-corrected chi connectivity index (χ3v) is 6.28. The summed E-state index contributed by atoms with van der Waals surface area (Å²) in [5.41, 5.74) is 1.69. The van der Waals surface area contributed by atoms with Crippen LogP contribution in [-0.4, -0.2) is 50.6 Å². The van der Waals surface area contributed by atoms with Crippen molar-refractivity contribution >= 4 is 27.6 Å². The number of benzene rings is 1. The van der Waals surface area contributed by atoms with Gasteiger partial charge in [0.25, 0.3) is 0 Å². The molecule has 0 radical (unpaired) electrons. The van der Waals surface area contributed by atoms with Gasteiger partial charge in [-0.25, -0.2) is 17.5 Å². The summed E-state index contributed by atoms with van der Waals surface area (Å²) in [4.78, 5) is 24.2. The van der Waals surface area contributed by atoms with Gasteiger partial charge in [-0.05, 0) is 44.4 Å². The van der Waals surface area contributed by atoms with E-state index in [1.807, 2.05) is 6.92 Å². The number of methoxy groups -OCH3 is 1. The Kier molecular flexibility index (Phi) is 6.18. The molecule has 0 bridgehead atoms. The molecule has 1 amide bonds. The minimum atomic E-state index is -3.30. The molecule has 1 N–H and O–H groups in total. The zero-order valence-electron chi connectivity index (χ0n) is 14.7. The molecule has 1 heterocycles. The van der Waals surface area contributed by atoms with E-state index >= 15 is 0 Å². The maximum atomic E-state index is 12.6. The van der Waals surface area contributed by atoms with Gasteiger partial charge in [0.05, 0.1) is 24.3 Å². The summed E-state index contributed by atoms with van der Waals surface area (Å²) in [6, 6.07) is 4.94. The Hall–Kier alpha value is -1.93. The molecule has 1 aromatic rings. The van der Waals surface area contributed by atoms with Crippen LogP contribution >= 0.6 is 0 Å². The summed E-state index contributed by atoms with van der Waals surface area (Å²) >= 11 is 0. The van der Waals surface area contributed by atoms with E-state index < -0.39 is 21.9 Å². The van der Waals surface area contributed by atoms with Crippen LogP contribution in [-0.2, 0) is 19.6 Å². The number of amides is 1. The predicted molar refractivity (Wildman–Crippen MR) is 94.9 cm³/mol. The van der Waals surface area contributed by atoms with Crippen molar-refractivity contribution in [1.29, 1.82) is 0 Å². The number of esters is 1. The number of aryl methyl sites for hydroxylation is 1. The van der Waals surface area contributed by atoms with E-state index in [0.717, 1.165) is 5.56 Å². The molecule has 138 valence electrons. The molecule has 0 spiro atoms. The number of rotatable bonds is 5. The highest BCUT2D eigenvalue weighted by atomic mass is 32.2. The first-order chi connectivity index (χ1) is 11.8. The lowest BCUT2D eigenvalue weighted by molar-refractivity contribution is -0.120. The van der Waals surface area contributed by atoms with Crippen molar-refractivity contribution in [3.63, 3.8) is 0 Å². The van der Waals surface area contributed by atoms with Crippen LogP contribution in [0.4, 0.5) is 5.69 Å². The number of nitrogens with zero attached hydrogens (tertiary/aromatic N) is 1. The number of piperidine rings is 1. The van der Waals surface area contributed by atoms with E-state index in [0.29, 0.717) is 30.6 Å². The van der Waals surface area contributed by atoms with E-state index in [2.05, 4.69) is 5.32 Å². The van der Waals surface area contributed by atoms with Gasteiger partial charge >= 0.3 is 5.97 Å². The van der Waals surface area contributed by atoms with Crippen LogP contribution in [0.5, 0.6) is 0 Å². The van der Waals surface area contributed by atoms with Crippen LogP contribution < -0.4 is 5.32 Å². The van der Waals surface area contributed by atoms with Crippen molar-refractivity contribution in [2.24, 2.45) is 5.92 Å². The van der Waals surface area contributed by atoms with E-state index in [1.54, 1.807) is 25.1 Å². The van der Waals surface area contributed by atoms with Crippen molar-refractivity contribution in [2.45, 2.75) is 26.7 Å². The lowest BCUT2D eigenvalue weighted by Crippen LogP contribution is -2.44. The Morgan fingerprint density at radius 2 is 2.08 bits per heavy atom. The highest BCUT2D eigenvalue weighted by molar-refractivity contribution is 7.89. The molecule has 0 saturated carbocycles. The van der Waals surface area contributed by atoms with E-state index in [-0.39, 0.29) is 18.2 Å². The first kappa shape index (κ1) is 19.4. The molecule has 7 nitrogen and oxygen atoms in total. The molecular weight excluding hydrogens is 344 g/mol. The average Bonchev–Trinajstić information content (AvgIpc) is 2.62. The third-order valence-electron chi connectivity index (χ3n) is 4.43. The van der Waals surface area contributed by atoms with Crippen molar-refractivity contribution in [3.8, 4) is 0 Å². The highest BCUT2D eigenvalue weighted by Gasteiger charge is 2.31. The number of anilines is 1. The van der Waals surface area contributed by atoms with E-state index in [9.17, 15) is 18.0 Å². The monoisotopic (exact) mass is 368 g/mol. The van der Waals surface area contributed by atoms with Gasteiger partial charge in [0.15, 0.2) is 0 Å². The number of carbonyl (C=O) groups excluding carboxylic acids is 2. The molecule has 8 heteroatoms. The van der Waals surface area contributed by atoms with Crippen molar-refractivity contribution in [2.75, 3.05) is 31.3 Å². The van der Waals surface area contributed by atoms with Crippen molar-refractivity contribution in [3.05, 3.63) is 29.3 Å². The zero-order chi connectivity index (χ0) is 18.6. The van der Waals surface area contributed by atoms with Crippen LogP contribution in [0.25, 0.3) is 0 Å². The van der Waals surface area contributed by atoms with Crippen molar-refractivity contribution < 1.29 is 22.7 Å². The van der Waals surface area contributed by atoms with Gasteiger partial charge in [0, 0.05) is 18.8 Å². The molecular formula is C17H24N2O5S. The Morgan fingerprint density at radius 3 is 2.72 bits per heavy atom. The smallest absolute Gasteiger partial charge is 0.337 e. The lowest BCUT2D eigenvalue weighted by atomic mass is 9.98. The summed E-state index contributed by atoms with van der Waals surface area (Å²) < 4.78 is 30.1. The SMILES string of the molecule is CCS(=O)(=O)N1CCC[C@@H](C(=O)Nc2cc(C(=O)OC)ccc2C)C1. The minimum Gasteiger partial charge on any atom is -0.465 e. The molecule has 25 heavy (non-hydrogen) atoms.